The van der Waals surface area contributed by atoms with Crippen molar-refractivity contribution in [2.45, 2.75) is 31.9 Å². The molecule has 4 nitrogen and oxygen atoms in total. The van der Waals surface area contributed by atoms with Gasteiger partial charge in [-0.05, 0) is 32.4 Å². The zero-order valence-corrected chi connectivity index (χ0v) is 10.6. The molecule has 0 N–H and O–H groups in total. The second-order valence-corrected chi connectivity index (χ2v) is 5.97. The average Bonchev–Trinajstić information content (AvgIpc) is 2.17. The molecular weight excluding hydrogens is 226 g/mol. The highest BCUT2D eigenvalue weighted by molar-refractivity contribution is 7.91. The summed E-state index contributed by atoms with van der Waals surface area (Å²) in [6.07, 6.45) is 1.59. The predicted molar refractivity (Wildman–Crippen MR) is 62.1 cm³/mol. The maximum Gasteiger partial charge on any atom is 0.197 e. The van der Waals surface area contributed by atoms with Gasteiger partial charge in [0.05, 0.1) is 18.5 Å². The van der Waals surface area contributed by atoms with Crippen molar-refractivity contribution in [3.8, 4) is 0 Å². The van der Waals surface area contributed by atoms with Gasteiger partial charge >= 0.3 is 0 Å². The summed E-state index contributed by atoms with van der Waals surface area (Å²) in [7, 11) is -3.31. The Morgan fingerprint density at radius 2 is 2.06 bits per heavy atom. The average molecular weight is 243 g/mol. The van der Waals surface area contributed by atoms with E-state index >= 15 is 0 Å². The number of hydrogen-bond donors (Lipinski definition) is 0. The topological polar surface area (TPSA) is 56.3 Å². The van der Waals surface area contributed by atoms with Crippen molar-refractivity contribution < 1.29 is 13.2 Å². The third-order valence-corrected chi connectivity index (χ3v) is 3.59. The maximum absolute atomic E-state index is 11.8. The lowest BCUT2D eigenvalue weighted by Crippen LogP contribution is -2.16. The fourth-order valence-corrected chi connectivity index (χ4v) is 2.15. The number of nitrogens with zero attached hydrogens (tertiary/aromatic N) is 1. The molecule has 0 radical (unpaired) electrons. The number of hydrogen-bond acceptors (Lipinski definition) is 4. The van der Waals surface area contributed by atoms with E-state index in [1.165, 1.54) is 6.07 Å². The number of ether oxygens (including phenoxy) is 1. The van der Waals surface area contributed by atoms with Gasteiger partial charge in [-0.1, -0.05) is 6.07 Å². The van der Waals surface area contributed by atoms with Gasteiger partial charge in [-0.3, -0.25) is 0 Å². The minimum atomic E-state index is -3.31. The van der Waals surface area contributed by atoms with Crippen molar-refractivity contribution in [3.05, 3.63) is 23.9 Å². The third kappa shape index (κ3) is 3.90. The lowest BCUT2D eigenvalue weighted by Gasteiger charge is -2.07. The largest absolute Gasteiger partial charge is 0.378 e. The van der Waals surface area contributed by atoms with Crippen LogP contribution in [-0.4, -0.2) is 31.9 Å². The molecule has 0 aromatic carbocycles. The number of pyridine rings is 1. The zero-order valence-electron chi connectivity index (χ0n) is 9.80. The van der Waals surface area contributed by atoms with Crippen LogP contribution in [0.1, 0.15) is 19.4 Å². The molecule has 1 heterocycles. The van der Waals surface area contributed by atoms with E-state index in [2.05, 4.69) is 4.98 Å². The molecule has 1 aromatic rings. The Bertz CT molecular complexity index is 423. The fraction of sp³-hybridized carbons (Fsp3) is 0.545. The molecule has 0 saturated heterocycles. The first-order valence-electron chi connectivity index (χ1n) is 5.19. The van der Waals surface area contributed by atoms with Crippen LogP contribution in [0.5, 0.6) is 0 Å². The van der Waals surface area contributed by atoms with E-state index in [1.807, 2.05) is 20.8 Å². The van der Waals surface area contributed by atoms with Crippen LogP contribution in [0.15, 0.2) is 23.4 Å². The Balaban J connectivity index is 2.67. The Morgan fingerprint density at radius 1 is 1.38 bits per heavy atom. The molecule has 0 fully saturated rings. The van der Waals surface area contributed by atoms with Crippen molar-refractivity contribution in [1.82, 2.24) is 4.98 Å². The zero-order chi connectivity index (χ0) is 12.2. The van der Waals surface area contributed by atoms with Gasteiger partial charge in [0.25, 0.3) is 0 Å². The van der Waals surface area contributed by atoms with Gasteiger partial charge < -0.3 is 4.74 Å². The van der Waals surface area contributed by atoms with Crippen LogP contribution in [0.2, 0.25) is 0 Å². The van der Waals surface area contributed by atoms with Gasteiger partial charge in [0, 0.05) is 6.20 Å². The molecule has 0 amide bonds. The molecule has 0 unspecified atom stereocenters. The second-order valence-electron chi connectivity index (χ2n) is 3.91. The first-order valence-corrected chi connectivity index (χ1v) is 6.84. The smallest absolute Gasteiger partial charge is 0.197 e. The van der Waals surface area contributed by atoms with Crippen molar-refractivity contribution in [2.24, 2.45) is 0 Å². The predicted octanol–water partition coefficient (Wildman–Crippen LogP) is 1.59. The van der Waals surface area contributed by atoms with Crippen molar-refractivity contribution in [3.63, 3.8) is 0 Å². The number of sulfone groups is 1. The highest BCUT2D eigenvalue weighted by Crippen LogP contribution is 2.08. The van der Waals surface area contributed by atoms with E-state index < -0.39 is 9.84 Å². The molecule has 0 saturated carbocycles. The van der Waals surface area contributed by atoms with Crippen molar-refractivity contribution in [1.29, 1.82) is 0 Å². The molecule has 0 bridgehead atoms. The molecule has 0 aliphatic rings. The van der Waals surface area contributed by atoms with E-state index in [4.69, 9.17) is 4.74 Å². The Kier molecular flexibility index (Phi) is 4.44. The SMILES string of the molecule is Cc1ccc(S(=O)(=O)CCOC(C)C)nc1. The molecule has 0 aliphatic heterocycles. The molecular formula is C11H17NO3S. The summed E-state index contributed by atoms with van der Waals surface area (Å²) in [5.41, 5.74) is 0.942. The summed E-state index contributed by atoms with van der Waals surface area (Å²) in [4.78, 5) is 3.90. The van der Waals surface area contributed by atoms with Crippen LogP contribution in [-0.2, 0) is 14.6 Å². The monoisotopic (exact) mass is 243 g/mol. The van der Waals surface area contributed by atoms with Gasteiger partial charge in [0.1, 0.15) is 0 Å². The van der Waals surface area contributed by atoms with Crippen LogP contribution < -0.4 is 0 Å². The van der Waals surface area contributed by atoms with Crippen molar-refractivity contribution in [2.75, 3.05) is 12.4 Å². The van der Waals surface area contributed by atoms with Gasteiger partial charge in [-0.15, -0.1) is 0 Å². The fourth-order valence-electron chi connectivity index (χ4n) is 1.14. The molecule has 90 valence electrons. The first-order chi connectivity index (χ1) is 7.42. The summed E-state index contributed by atoms with van der Waals surface area (Å²) in [5, 5.41) is 0.116. The highest BCUT2D eigenvalue weighted by atomic mass is 32.2. The molecule has 0 atom stereocenters. The Morgan fingerprint density at radius 3 is 2.56 bits per heavy atom. The second kappa shape index (κ2) is 5.41. The first kappa shape index (κ1) is 13.1. The summed E-state index contributed by atoms with van der Waals surface area (Å²) in [5.74, 6) is -0.0265. The third-order valence-electron chi connectivity index (χ3n) is 2.01. The van der Waals surface area contributed by atoms with E-state index in [0.717, 1.165) is 5.56 Å². The number of aromatic nitrogens is 1. The normalized spacial score (nSPS) is 12.0. The summed E-state index contributed by atoms with van der Waals surface area (Å²) in [6.45, 7) is 5.81. The molecule has 1 aromatic heterocycles. The summed E-state index contributed by atoms with van der Waals surface area (Å²) >= 11 is 0. The molecule has 1 rings (SSSR count). The molecule has 0 aliphatic carbocycles. The van der Waals surface area contributed by atoms with Gasteiger partial charge in [0.15, 0.2) is 14.9 Å². The van der Waals surface area contributed by atoms with Crippen LogP contribution >= 0.6 is 0 Å². The molecule has 5 heteroatoms. The standard InChI is InChI=1S/C11H17NO3S/c1-9(2)15-6-7-16(13,14)11-5-4-10(3)8-12-11/h4-5,8-9H,6-7H2,1-3H3. The molecule has 16 heavy (non-hydrogen) atoms. The number of aryl methyl sites for hydroxylation is 1. The van der Waals surface area contributed by atoms with Gasteiger partial charge in [-0.2, -0.15) is 0 Å². The van der Waals surface area contributed by atoms with E-state index in [0.29, 0.717) is 0 Å². The minimum absolute atomic E-state index is 0.0265. The van der Waals surface area contributed by atoms with Crippen molar-refractivity contribution >= 4 is 9.84 Å². The van der Waals surface area contributed by atoms with Crippen LogP contribution in [0.4, 0.5) is 0 Å². The van der Waals surface area contributed by atoms with Gasteiger partial charge in [0.2, 0.25) is 0 Å². The summed E-state index contributed by atoms with van der Waals surface area (Å²) in [6, 6.07) is 3.27. The highest BCUT2D eigenvalue weighted by Gasteiger charge is 2.15. The quantitative estimate of drug-likeness (QED) is 0.788. The Labute approximate surface area is 96.6 Å². The van der Waals surface area contributed by atoms with Crippen LogP contribution in [0.25, 0.3) is 0 Å². The lowest BCUT2D eigenvalue weighted by molar-refractivity contribution is 0.0912. The van der Waals surface area contributed by atoms with Crippen LogP contribution in [0.3, 0.4) is 0 Å². The Hall–Kier alpha value is -0.940. The number of rotatable bonds is 5. The van der Waals surface area contributed by atoms with E-state index in [-0.39, 0.29) is 23.5 Å². The summed E-state index contributed by atoms with van der Waals surface area (Å²) < 4.78 is 28.8. The maximum atomic E-state index is 11.8. The van der Waals surface area contributed by atoms with E-state index in [1.54, 1.807) is 12.3 Å². The van der Waals surface area contributed by atoms with Gasteiger partial charge in [-0.25, -0.2) is 13.4 Å². The lowest BCUT2D eigenvalue weighted by atomic mass is 10.3. The van der Waals surface area contributed by atoms with Crippen LogP contribution in [0, 0.1) is 6.92 Å². The van der Waals surface area contributed by atoms with E-state index in [9.17, 15) is 8.42 Å². The molecule has 0 spiro atoms. The minimum Gasteiger partial charge on any atom is -0.378 e.